The molecule has 118 valence electrons. The maximum absolute atomic E-state index is 12.4. The van der Waals surface area contributed by atoms with Crippen molar-refractivity contribution in [3.63, 3.8) is 0 Å². The zero-order chi connectivity index (χ0) is 15.5. The summed E-state index contributed by atoms with van der Waals surface area (Å²) in [6.45, 7) is 1.38. The van der Waals surface area contributed by atoms with Crippen molar-refractivity contribution >= 4 is 27.7 Å². The van der Waals surface area contributed by atoms with Crippen molar-refractivity contribution in [2.75, 3.05) is 13.1 Å². The first-order valence-corrected chi connectivity index (χ1v) is 8.74. The van der Waals surface area contributed by atoms with Crippen LogP contribution < -0.4 is 5.32 Å². The molecule has 4 nitrogen and oxygen atoms in total. The molecule has 1 N–H and O–H groups in total. The smallest absolute Gasteiger partial charge is 0.226 e. The van der Waals surface area contributed by atoms with Crippen molar-refractivity contribution in [2.45, 2.75) is 38.1 Å². The van der Waals surface area contributed by atoms with Gasteiger partial charge in [0.1, 0.15) is 0 Å². The monoisotopic (exact) mass is 364 g/mol. The van der Waals surface area contributed by atoms with Gasteiger partial charge in [0.25, 0.3) is 0 Å². The highest BCUT2D eigenvalue weighted by atomic mass is 79.9. The van der Waals surface area contributed by atoms with Gasteiger partial charge in [-0.2, -0.15) is 0 Å². The normalized spacial score (nSPS) is 19.0. The minimum Gasteiger partial charge on any atom is -0.353 e. The number of hydrogen-bond acceptors (Lipinski definition) is 2. The van der Waals surface area contributed by atoms with E-state index in [1.54, 1.807) is 0 Å². The van der Waals surface area contributed by atoms with E-state index in [2.05, 4.69) is 21.2 Å². The largest absolute Gasteiger partial charge is 0.353 e. The maximum atomic E-state index is 12.4. The number of carbonyl (C=O) groups excluding carboxylic acids is 2. The van der Waals surface area contributed by atoms with Crippen molar-refractivity contribution < 1.29 is 9.59 Å². The Bertz CT molecular complexity index is 564. The molecule has 0 spiro atoms. The van der Waals surface area contributed by atoms with Gasteiger partial charge in [0, 0.05) is 29.5 Å². The molecular weight excluding hydrogens is 344 g/mol. The number of amides is 2. The molecule has 0 bridgehead atoms. The van der Waals surface area contributed by atoms with Crippen LogP contribution >= 0.6 is 15.9 Å². The van der Waals surface area contributed by atoms with E-state index in [0.29, 0.717) is 25.6 Å². The highest BCUT2D eigenvalue weighted by Gasteiger charge is 2.30. The van der Waals surface area contributed by atoms with E-state index in [-0.39, 0.29) is 17.7 Å². The molecule has 1 aromatic carbocycles. The number of carbonyl (C=O) groups is 2. The van der Waals surface area contributed by atoms with Crippen molar-refractivity contribution in [1.82, 2.24) is 10.2 Å². The standard InChI is InChI=1S/C17H21BrN2O2/c18-14-3-1-2-12(10-14)11-16(21)20-8-6-13(7-9-20)17(22)19-15-4-5-15/h1-3,10,13,15H,4-9,11H2,(H,19,22). The lowest BCUT2D eigenvalue weighted by atomic mass is 9.95. The molecule has 2 fully saturated rings. The van der Waals surface area contributed by atoms with Crippen LogP contribution in [0.4, 0.5) is 0 Å². The average Bonchev–Trinajstić information content (AvgIpc) is 3.31. The molecule has 5 heteroatoms. The molecule has 3 rings (SSSR count). The van der Waals surface area contributed by atoms with Gasteiger partial charge in [-0.05, 0) is 43.4 Å². The molecular formula is C17H21BrN2O2. The van der Waals surface area contributed by atoms with Gasteiger partial charge in [0.2, 0.25) is 11.8 Å². The molecule has 0 radical (unpaired) electrons. The van der Waals surface area contributed by atoms with Gasteiger partial charge in [-0.25, -0.2) is 0 Å². The molecule has 1 saturated heterocycles. The van der Waals surface area contributed by atoms with Crippen LogP contribution in [0.2, 0.25) is 0 Å². The zero-order valence-corrected chi connectivity index (χ0v) is 14.1. The highest BCUT2D eigenvalue weighted by molar-refractivity contribution is 9.10. The third-order valence-electron chi connectivity index (χ3n) is 4.39. The summed E-state index contributed by atoms with van der Waals surface area (Å²) in [6.07, 6.45) is 4.23. The number of likely N-dealkylation sites (tertiary alicyclic amines) is 1. The summed E-state index contributed by atoms with van der Waals surface area (Å²) in [7, 11) is 0. The summed E-state index contributed by atoms with van der Waals surface area (Å²) in [5, 5.41) is 3.07. The summed E-state index contributed by atoms with van der Waals surface area (Å²) < 4.78 is 0.994. The minimum absolute atomic E-state index is 0.0792. The lowest BCUT2D eigenvalue weighted by molar-refractivity contribution is -0.135. The molecule has 1 heterocycles. The Morgan fingerprint density at radius 3 is 2.55 bits per heavy atom. The van der Waals surface area contributed by atoms with Crippen LogP contribution in [-0.2, 0) is 16.0 Å². The van der Waals surface area contributed by atoms with E-state index in [4.69, 9.17) is 0 Å². The van der Waals surface area contributed by atoms with Crippen LogP contribution in [0, 0.1) is 5.92 Å². The molecule has 0 unspecified atom stereocenters. The summed E-state index contributed by atoms with van der Waals surface area (Å²) in [5.74, 6) is 0.413. The molecule has 2 aliphatic rings. The number of hydrogen-bond donors (Lipinski definition) is 1. The number of benzene rings is 1. The predicted molar refractivity (Wildman–Crippen MR) is 88.3 cm³/mol. The molecule has 1 aliphatic carbocycles. The van der Waals surface area contributed by atoms with Crippen molar-refractivity contribution in [3.05, 3.63) is 34.3 Å². The van der Waals surface area contributed by atoms with Gasteiger partial charge in [-0.15, -0.1) is 0 Å². The predicted octanol–water partition coefficient (Wildman–Crippen LogP) is 2.51. The Labute approximate surface area is 139 Å². The van der Waals surface area contributed by atoms with E-state index in [9.17, 15) is 9.59 Å². The Balaban J connectivity index is 1.48. The molecule has 0 atom stereocenters. The molecule has 1 aromatic rings. The van der Waals surface area contributed by atoms with E-state index < -0.39 is 0 Å². The third kappa shape index (κ3) is 4.09. The van der Waals surface area contributed by atoms with Gasteiger partial charge in [-0.1, -0.05) is 28.1 Å². The second-order valence-corrected chi connectivity index (χ2v) is 7.16. The fourth-order valence-corrected chi connectivity index (χ4v) is 3.32. The third-order valence-corrected chi connectivity index (χ3v) is 4.88. The van der Waals surface area contributed by atoms with Crippen LogP contribution in [0.15, 0.2) is 28.7 Å². The first-order valence-electron chi connectivity index (χ1n) is 7.94. The lowest BCUT2D eigenvalue weighted by Crippen LogP contribution is -2.43. The minimum atomic E-state index is 0.0792. The molecule has 22 heavy (non-hydrogen) atoms. The van der Waals surface area contributed by atoms with Gasteiger partial charge >= 0.3 is 0 Å². The van der Waals surface area contributed by atoms with Crippen molar-refractivity contribution in [2.24, 2.45) is 5.92 Å². The van der Waals surface area contributed by atoms with E-state index in [0.717, 1.165) is 35.7 Å². The van der Waals surface area contributed by atoms with Crippen LogP contribution in [0.25, 0.3) is 0 Å². The van der Waals surface area contributed by atoms with E-state index in [1.165, 1.54) is 0 Å². The molecule has 1 saturated carbocycles. The van der Waals surface area contributed by atoms with Gasteiger partial charge in [-0.3, -0.25) is 9.59 Å². The second kappa shape index (κ2) is 6.82. The van der Waals surface area contributed by atoms with Crippen molar-refractivity contribution in [3.8, 4) is 0 Å². The van der Waals surface area contributed by atoms with Crippen molar-refractivity contribution in [1.29, 1.82) is 0 Å². The summed E-state index contributed by atoms with van der Waals surface area (Å²) >= 11 is 3.43. The number of rotatable bonds is 4. The van der Waals surface area contributed by atoms with Gasteiger partial charge in [0.05, 0.1) is 6.42 Å². The fraction of sp³-hybridized carbons (Fsp3) is 0.529. The highest BCUT2D eigenvalue weighted by Crippen LogP contribution is 2.23. The molecule has 2 amide bonds. The quantitative estimate of drug-likeness (QED) is 0.892. The summed E-state index contributed by atoms with van der Waals surface area (Å²) in [4.78, 5) is 26.3. The Morgan fingerprint density at radius 1 is 1.18 bits per heavy atom. The van der Waals surface area contributed by atoms with Crippen LogP contribution in [0.1, 0.15) is 31.2 Å². The first-order chi connectivity index (χ1) is 10.6. The Morgan fingerprint density at radius 2 is 1.91 bits per heavy atom. The fourth-order valence-electron chi connectivity index (χ4n) is 2.87. The Hall–Kier alpha value is -1.36. The summed E-state index contributed by atoms with van der Waals surface area (Å²) in [5.41, 5.74) is 1.02. The SMILES string of the molecule is O=C(NC1CC1)C1CCN(C(=O)Cc2cccc(Br)c2)CC1. The number of piperidine rings is 1. The van der Waals surface area contributed by atoms with Crippen LogP contribution in [-0.4, -0.2) is 35.8 Å². The van der Waals surface area contributed by atoms with E-state index in [1.807, 2.05) is 29.2 Å². The topological polar surface area (TPSA) is 49.4 Å². The zero-order valence-electron chi connectivity index (χ0n) is 12.6. The maximum Gasteiger partial charge on any atom is 0.226 e. The number of nitrogens with zero attached hydrogens (tertiary/aromatic N) is 1. The van der Waals surface area contributed by atoms with Crippen LogP contribution in [0.3, 0.4) is 0 Å². The molecule has 0 aromatic heterocycles. The van der Waals surface area contributed by atoms with Gasteiger partial charge in [0.15, 0.2) is 0 Å². The average molecular weight is 365 g/mol. The van der Waals surface area contributed by atoms with E-state index >= 15 is 0 Å². The first kappa shape index (κ1) is 15.5. The number of nitrogens with one attached hydrogen (secondary N) is 1. The lowest BCUT2D eigenvalue weighted by Gasteiger charge is -2.31. The van der Waals surface area contributed by atoms with Crippen LogP contribution in [0.5, 0.6) is 0 Å². The van der Waals surface area contributed by atoms with Gasteiger partial charge < -0.3 is 10.2 Å². The Kier molecular flexibility index (Phi) is 4.81. The molecule has 1 aliphatic heterocycles. The summed E-state index contributed by atoms with van der Waals surface area (Å²) in [6, 6.07) is 8.27. The number of halogens is 1. The second-order valence-electron chi connectivity index (χ2n) is 6.24.